The van der Waals surface area contributed by atoms with Crippen molar-refractivity contribution in [3.8, 4) is 5.75 Å². The number of carbonyl (C=O) groups is 1. The van der Waals surface area contributed by atoms with Gasteiger partial charge in [-0.25, -0.2) is 4.98 Å². The number of hydrogen-bond acceptors (Lipinski definition) is 4. The summed E-state index contributed by atoms with van der Waals surface area (Å²) in [7, 11) is 0. The molecule has 0 atom stereocenters. The highest BCUT2D eigenvalue weighted by atomic mass is 16.5. The van der Waals surface area contributed by atoms with Gasteiger partial charge in [0.25, 0.3) is 5.91 Å². The Morgan fingerprint density at radius 3 is 2.90 bits per heavy atom. The molecule has 4 rings (SSSR count). The Bertz CT molecular complexity index is 1010. The van der Waals surface area contributed by atoms with E-state index in [4.69, 9.17) is 4.74 Å². The number of rotatable bonds is 6. The molecule has 1 amide bonds. The predicted octanol–water partition coefficient (Wildman–Crippen LogP) is 3.34. The Kier molecular flexibility index (Phi) is 5.53. The number of ether oxygens (including phenoxy) is 1. The zero-order valence-electron chi connectivity index (χ0n) is 17.1. The van der Waals surface area contributed by atoms with E-state index in [1.54, 1.807) is 6.07 Å². The van der Waals surface area contributed by atoms with Crippen molar-refractivity contribution in [2.24, 2.45) is 5.41 Å². The van der Waals surface area contributed by atoms with Crippen molar-refractivity contribution in [3.05, 3.63) is 65.6 Å². The van der Waals surface area contributed by atoms with Crippen LogP contribution >= 0.6 is 0 Å². The van der Waals surface area contributed by atoms with Crippen LogP contribution in [0.25, 0.3) is 5.65 Å². The molecule has 1 aromatic carbocycles. The highest BCUT2D eigenvalue weighted by Gasteiger charge is 2.27. The van der Waals surface area contributed by atoms with Crippen molar-refractivity contribution in [2.45, 2.75) is 33.3 Å². The quantitative estimate of drug-likeness (QED) is 0.675. The van der Waals surface area contributed by atoms with Crippen molar-refractivity contribution in [3.63, 3.8) is 0 Å². The lowest BCUT2D eigenvalue weighted by Crippen LogP contribution is -2.42. The van der Waals surface area contributed by atoms with Gasteiger partial charge in [-0.3, -0.25) is 4.79 Å². The van der Waals surface area contributed by atoms with Gasteiger partial charge in [-0.05, 0) is 68.1 Å². The summed E-state index contributed by atoms with van der Waals surface area (Å²) in [4.78, 5) is 17.2. The van der Waals surface area contributed by atoms with Crippen molar-refractivity contribution < 1.29 is 9.53 Å². The first-order valence-corrected chi connectivity index (χ1v) is 10.2. The zero-order chi connectivity index (χ0) is 20.3. The summed E-state index contributed by atoms with van der Waals surface area (Å²) in [5, 5.41) is 6.46. The molecular formula is C23H28N4O2. The molecule has 3 aromatic rings. The van der Waals surface area contributed by atoms with Crippen LogP contribution in [0.1, 0.15) is 41.4 Å². The van der Waals surface area contributed by atoms with E-state index in [9.17, 15) is 4.79 Å². The van der Waals surface area contributed by atoms with E-state index in [1.807, 2.05) is 47.1 Å². The second kappa shape index (κ2) is 8.25. The van der Waals surface area contributed by atoms with Crippen LogP contribution < -0.4 is 15.4 Å². The molecule has 29 heavy (non-hydrogen) atoms. The fraction of sp³-hybridized carbons (Fsp3) is 0.391. The van der Waals surface area contributed by atoms with Gasteiger partial charge in [0, 0.05) is 24.5 Å². The largest absolute Gasteiger partial charge is 0.487 e. The van der Waals surface area contributed by atoms with Gasteiger partial charge < -0.3 is 19.8 Å². The number of aryl methyl sites for hydroxylation is 1. The molecule has 0 aliphatic carbocycles. The Morgan fingerprint density at radius 1 is 1.24 bits per heavy atom. The molecule has 0 bridgehead atoms. The van der Waals surface area contributed by atoms with Crippen LogP contribution in [0.15, 0.2) is 48.8 Å². The number of aromatic nitrogens is 2. The van der Waals surface area contributed by atoms with Gasteiger partial charge in [-0.2, -0.15) is 0 Å². The van der Waals surface area contributed by atoms with Crippen LogP contribution in [0, 0.1) is 12.3 Å². The van der Waals surface area contributed by atoms with Crippen LogP contribution in [-0.4, -0.2) is 34.9 Å². The lowest BCUT2D eigenvalue weighted by Gasteiger charge is -2.34. The molecule has 2 N–H and O–H groups in total. The minimum Gasteiger partial charge on any atom is -0.487 e. The van der Waals surface area contributed by atoms with Gasteiger partial charge in [-0.1, -0.05) is 19.1 Å². The summed E-state index contributed by atoms with van der Waals surface area (Å²) >= 11 is 0. The van der Waals surface area contributed by atoms with Gasteiger partial charge in [0.15, 0.2) is 0 Å². The predicted molar refractivity (Wildman–Crippen MR) is 113 cm³/mol. The summed E-state index contributed by atoms with van der Waals surface area (Å²) in [6, 6.07) is 11.4. The van der Waals surface area contributed by atoms with Gasteiger partial charge in [0.2, 0.25) is 0 Å². The summed E-state index contributed by atoms with van der Waals surface area (Å²) in [6.07, 6.45) is 6.17. The summed E-state index contributed by atoms with van der Waals surface area (Å²) in [5.41, 5.74) is 3.71. The molecule has 0 radical (unpaired) electrons. The van der Waals surface area contributed by atoms with E-state index >= 15 is 0 Å². The smallest absolute Gasteiger partial charge is 0.251 e. The number of carbonyl (C=O) groups excluding carboxylic acids is 1. The molecule has 0 unspecified atom stereocenters. The zero-order valence-corrected chi connectivity index (χ0v) is 17.1. The number of amides is 1. The lowest BCUT2D eigenvalue weighted by molar-refractivity contribution is 0.0922. The third-order valence-electron chi connectivity index (χ3n) is 5.62. The van der Waals surface area contributed by atoms with Crippen LogP contribution in [0.4, 0.5) is 0 Å². The highest BCUT2D eigenvalue weighted by molar-refractivity contribution is 5.94. The Balaban J connectivity index is 1.36. The molecule has 6 nitrogen and oxygen atoms in total. The number of benzene rings is 1. The van der Waals surface area contributed by atoms with Crippen molar-refractivity contribution in [1.82, 2.24) is 20.0 Å². The Morgan fingerprint density at radius 2 is 2.07 bits per heavy atom. The van der Waals surface area contributed by atoms with Gasteiger partial charge in [0.05, 0.1) is 5.69 Å². The third kappa shape index (κ3) is 4.77. The monoisotopic (exact) mass is 392 g/mol. The number of hydrogen-bond donors (Lipinski definition) is 2. The Hall–Kier alpha value is -2.86. The normalized spacial score (nSPS) is 15.9. The number of nitrogens with zero attached hydrogens (tertiary/aromatic N) is 2. The van der Waals surface area contributed by atoms with E-state index in [1.165, 1.54) is 5.56 Å². The molecule has 1 aliphatic heterocycles. The first-order valence-electron chi connectivity index (χ1n) is 10.2. The third-order valence-corrected chi connectivity index (χ3v) is 5.62. The summed E-state index contributed by atoms with van der Waals surface area (Å²) < 4.78 is 7.89. The molecule has 0 spiro atoms. The first-order chi connectivity index (χ1) is 14.0. The average Bonchev–Trinajstić information content (AvgIpc) is 3.13. The van der Waals surface area contributed by atoms with Gasteiger partial charge >= 0.3 is 0 Å². The average molecular weight is 393 g/mol. The highest BCUT2D eigenvalue weighted by Crippen LogP contribution is 2.27. The molecule has 6 heteroatoms. The van der Waals surface area contributed by atoms with Crippen LogP contribution in [0.3, 0.4) is 0 Å². The summed E-state index contributed by atoms with van der Waals surface area (Å²) in [5.74, 6) is 0.609. The molecule has 1 saturated heterocycles. The minimum absolute atomic E-state index is 0.0570. The maximum atomic E-state index is 12.6. The van der Waals surface area contributed by atoms with E-state index in [2.05, 4.69) is 29.5 Å². The maximum Gasteiger partial charge on any atom is 0.251 e. The van der Waals surface area contributed by atoms with E-state index in [0.29, 0.717) is 24.5 Å². The molecule has 2 aromatic heterocycles. The molecule has 1 aliphatic rings. The van der Waals surface area contributed by atoms with E-state index in [-0.39, 0.29) is 11.3 Å². The standard InChI is InChI=1S/C23H28N4O2/c1-17-6-7-21-26-19(14-27(21)13-17)15-29-20-5-3-4-18(12-20)22(28)25-16-23(2)8-10-24-11-9-23/h3-7,12-14,24H,8-11,15-16H2,1-2H3,(H,25,28). The Labute approximate surface area is 171 Å². The minimum atomic E-state index is -0.0570. The fourth-order valence-corrected chi connectivity index (χ4v) is 3.71. The maximum absolute atomic E-state index is 12.6. The second-order valence-corrected chi connectivity index (χ2v) is 8.26. The molecule has 0 saturated carbocycles. The number of imidazole rings is 1. The first kappa shape index (κ1) is 19.5. The number of pyridine rings is 1. The molecule has 1 fully saturated rings. The van der Waals surface area contributed by atoms with E-state index < -0.39 is 0 Å². The fourth-order valence-electron chi connectivity index (χ4n) is 3.71. The summed E-state index contributed by atoms with van der Waals surface area (Å²) in [6.45, 7) is 7.37. The number of nitrogens with one attached hydrogen (secondary N) is 2. The van der Waals surface area contributed by atoms with Crippen LogP contribution in [0.5, 0.6) is 5.75 Å². The van der Waals surface area contributed by atoms with Crippen LogP contribution in [0.2, 0.25) is 0 Å². The van der Waals surface area contributed by atoms with Gasteiger partial charge in [0.1, 0.15) is 18.0 Å². The van der Waals surface area contributed by atoms with Crippen molar-refractivity contribution in [2.75, 3.05) is 19.6 Å². The number of piperidine rings is 1. The van der Waals surface area contributed by atoms with Crippen molar-refractivity contribution >= 4 is 11.6 Å². The lowest BCUT2D eigenvalue weighted by atomic mass is 9.81. The second-order valence-electron chi connectivity index (χ2n) is 8.26. The SMILES string of the molecule is Cc1ccc2nc(COc3cccc(C(=O)NCC4(C)CCNCC4)c3)cn2c1. The molecule has 3 heterocycles. The van der Waals surface area contributed by atoms with Crippen LogP contribution in [-0.2, 0) is 6.61 Å². The van der Waals surface area contributed by atoms with Crippen molar-refractivity contribution in [1.29, 1.82) is 0 Å². The molecular weight excluding hydrogens is 364 g/mol. The van der Waals surface area contributed by atoms with Gasteiger partial charge in [-0.15, -0.1) is 0 Å². The topological polar surface area (TPSA) is 67.7 Å². The van der Waals surface area contributed by atoms with E-state index in [0.717, 1.165) is 37.3 Å². The number of fused-ring (bicyclic) bond motifs is 1. The molecule has 152 valence electrons.